The van der Waals surface area contributed by atoms with Gasteiger partial charge in [0.15, 0.2) is 18.5 Å². The van der Waals surface area contributed by atoms with E-state index < -0.39 is 17.9 Å². The quantitative estimate of drug-likeness (QED) is 0.492. The molecule has 1 atom stereocenters. The first-order valence-electron chi connectivity index (χ1n) is 8.13. The highest BCUT2D eigenvalue weighted by Gasteiger charge is 2.26. The number of halogens is 2. The van der Waals surface area contributed by atoms with Crippen molar-refractivity contribution in [2.24, 2.45) is 0 Å². The number of hydrogen-bond donors (Lipinski definition) is 1. The number of H-pyrrole nitrogens is 1. The number of hydrogen-bond acceptors (Lipinski definition) is 5. The number of aromatic amines is 1. The Morgan fingerprint density at radius 3 is 2.48 bits per heavy atom. The fourth-order valence-corrected chi connectivity index (χ4v) is 3.54. The van der Waals surface area contributed by atoms with Gasteiger partial charge in [-0.1, -0.05) is 11.6 Å². The number of aryl methyl sites for hydroxylation is 1. The predicted molar refractivity (Wildman–Crippen MR) is 105 cm³/mol. The lowest BCUT2D eigenvalue weighted by Gasteiger charge is -2.13. The number of benzene rings is 1. The molecule has 144 valence electrons. The summed E-state index contributed by atoms with van der Waals surface area (Å²) in [7, 11) is 0. The Bertz CT molecular complexity index is 906. The Kier molecular flexibility index (Phi) is 6.84. The van der Waals surface area contributed by atoms with Crippen LogP contribution < -0.4 is 4.74 Å². The van der Waals surface area contributed by atoms with E-state index in [1.165, 1.54) is 13.8 Å². The Morgan fingerprint density at radius 1 is 1.26 bits per heavy atom. The maximum atomic E-state index is 12.6. The third-order valence-corrected chi connectivity index (χ3v) is 4.81. The van der Waals surface area contributed by atoms with Crippen LogP contribution >= 0.6 is 27.5 Å². The summed E-state index contributed by atoms with van der Waals surface area (Å²) in [6, 6.07) is 4.88. The van der Waals surface area contributed by atoms with Crippen LogP contribution in [-0.2, 0) is 9.53 Å². The summed E-state index contributed by atoms with van der Waals surface area (Å²) in [4.78, 5) is 39.2. The Labute approximate surface area is 170 Å². The van der Waals surface area contributed by atoms with E-state index in [1.54, 1.807) is 32.0 Å². The van der Waals surface area contributed by atoms with Gasteiger partial charge in [-0.2, -0.15) is 0 Å². The number of carbonyl (C=O) groups is 3. The first-order chi connectivity index (χ1) is 12.6. The molecule has 0 saturated heterocycles. The van der Waals surface area contributed by atoms with Crippen LogP contribution in [-0.4, -0.2) is 35.2 Å². The molecule has 1 N–H and O–H groups in total. The average Bonchev–Trinajstić information content (AvgIpc) is 2.87. The smallest absolute Gasteiger partial charge is 0.344 e. The molecule has 1 aromatic heterocycles. The predicted octanol–water partition coefficient (Wildman–Crippen LogP) is 4.44. The molecular weight excluding hydrogens is 438 g/mol. The number of esters is 1. The SMILES string of the molecule is CC(=O)c1c(C)[nH]c(C(=O)C(C)OC(=O)COc2ccc(Cl)cc2Br)c1C. The molecule has 0 aliphatic rings. The number of Topliss-reactive ketones (excluding diaryl/α,β-unsaturated/α-hetero) is 2. The third-order valence-electron chi connectivity index (χ3n) is 3.95. The molecule has 0 aliphatic carbocycles. The van der Waals surface area contributed by atoms with Crippen LogP contribution in [0.25, 0.3) is 0 Å². The minimum absolute atomic E-state index is 0.133. The molecule has 0 saturated carbocycles. The summed E-state index contributed by atoms with van der Waals surface area (Å²) < 4.78 is 11.1. The van der Waals surface area contributed by atoms with Gasteiger partial charge in [0.25, 0.3) is 0 Å². The van der Waals surface area contributed by atoms with Gasteiger partial charge in [0.2, 0.25) is 5.78 Å². The standard InChI is InChI=1S/C19H19BrClNO5/c1-9-17(11(3)23)10(2)22-18(9)19(25)12(4)27-16(24)8-26-15-6-5-13(21)7-14(15)20/h5-7,12,22H,8H2,1-4H3. The van der Waals surface area contributed by atoms with Gasteiger partial charge in [0, 0.05) is 16.3 Å². The lowest BCUT2D eigenvalue weighted by atomic mass is 10.0. The molecule has 0 amide bonds. The first-order valence-corrected chi connectivity index (χ1v) is 9.30. The van der Waals surface area contributed by atoms with Crippen molar-refractivity contribution in [3.8, 4) is 5.75 Å². The molecule has 0 fully saturated rings. The van der Waals surface area contributed by atoms with E-state index in [0.29, 0.717) is 32.1 Å². The molecule has 1 unspecified atom stereocenters. The number of rotatable bonds is 7. The molecule has 0 bridgehead atoms. The zero-order chi connectivity index (χ0) is 20.3. The van der Waals surface area contributed by atoms with E-state index in [9.17, 15) is 14.4 Å². The van der Waals surface area contributed by atoms with Crippen molar-refractivity contribution in [2.75, 3.05) is 6.61 Å². The first kappa shape index (κ1) is 21.2. The Hall–Kier alpha value is -2.12. The van der Waals surface area contributed by atoms with Gasteiger partial charge in [0.05, 0.1) is 10.2 Å². The molecule has 1 heterocycles. The van der Waals surface area contributed by atoms with Crippen LogP contribution in [0.4, 0.5) is 0 Å². The van der Waals surface area contributed by atoms with Crippen molar-refractivity contribution in [2.45, 2.75) is 33.8 Å². The highest BCUT2D eigenvalue weighted by molar-refractivity contribution is 9.10. The van der Waals surface area contributed by atoms with Gasteiger partial charge >= 0.3 is 5.97 Å². The summed E-state index contributed by atoms with van der Waals surface area (Å²) in [5.74, 6) is -0.807. The fourth-order valence-electron chi connectivity index (χ4n) is 2.74. The molecular formula is C19H19BrClNO5. The minimum Gasteiger partial charge on any atom is -0.481 e. The van der Waals surface area contributed by atoms with E-state index >= 15 is 0 Å². The van der Waals surface area contributed by atoms with Crippen LogP contribution in [0, 0.1) is 13.8 Å². The number of ether oxygens (including phenoxy) is 2. The van der Waals surface area contributed by atoms with Crippen molar-refractivity contribution in [3.63, 3.8) is 0 Å². The molecule has 8 heteroatoms. The lowest BCUT2D eigenvalue weighted by molar-refractivity contribution is -0.148. The summed E-state index contributed by atoms with van der Waals surface area (Å²) in [5, 5.41) is 0.526. The molecule has 0 spiro atoms. The second-order valence-electron chi connectivity index (χ2n) is 6.04. The zero-order valence-corrected chi connectivity index (χ0v) is 17.7. The van der Waals surface area contributed by atoms with Crippen LogP contribution in [0.3, 0.4) is 0 Å². The molecule has 2 aromatic rings. The molecule has 1 aromatic carbocycles. The minimum atomic E-state index is -1.02. The zero-order valence-electron chi connectivity index (χ0n) is 15.3. The van der Waals surface area contributed by atoms with Crippen LogP contribution in [0.2, 0.25) is 5.02 Å². The monoisotopic (exact) mass is 455 g/mol. The molecule has 2 rings (SSSR count). The number of ketones is 2. The van der Waals surface area contributed by atoms with Crippen molar-refractivity contribution in [1.82, 2.24) is 4.98 Å². The summed E-state index contributed by atoms with van der Waals surface area (Å²) in [6.07, 6.45) is -1.02. The van der Waals surface area contributed by atoms with E-state index in [0.717, 1.165) is 0 Å². The topological polar surface area (TPSA) is 85.5 Å². The molecule has 6 nitrogen and oxygen atoms in total. The molecule has 27 heavy (non-hydrogen) atoms. The highest BCUT2D eigenvalue weighted by atomic mass is 79.9. The molecule has 0 aliphatic heterocycles. The van der Waals surface area contributed by atoms with Gasteiger partial charge in [-0.05, 0) is 67.4 Å². The summed E-state index contributed by atoms with van der Waals surface area (Å²) in [6.45, 7) is 5.95. The number of carbonyl (C=O) groups excluding carboxylic acids is 3. The van der Waals surface area contributed by atoms with Crippen molar-refractivity contribution >= 4 is 45.1 Å². The second-order valence-corrected chi connectivity index (χ2v) is 7.33. The maximum Gasteiger partial charge on any atom is 0.344 e. The van der Waals surface area contributed by atoms with Gasteiger partial charge in [0.1, 0.15) is 5.75 Å². The van der Waals surface area contributed by atoms with Gasteiger partial charge in [-0.15, -0.1) is 0 Å². The molecule has 0 radical (unpaired) electrons. The van der Waals surface area contributed by atoms with Crippen molar-refractivity contribution < 1.29 is 23.9 Å². The fraction of sp³-hybridized carbons (Fsp3) is 0.316. The maximum absolute atomic E-state index is 12.6. The summed E-state index contributed by atoms with van der Waals surface area (Å²) in [5.41, 5.74) is 1.90. The normalized spacial score (nSPS) is 11.8. The van der Waals surface area contributed by atoms with Gasteiger partial charge in [-0.25, -0.2) is 4.79 Å². The third kappa shape index (κ3) is 4.99. The highest BCUT2D eigenvalue weighted by Crippen LogP contribution is 2.28. The van der Waals surface area contributed by atoms with E-state index in [2.05, 4.69) is 20.9 Å². The number of aromatic nitrogens is 1. The summed E-state index contributed by atoms with van der Waals surface area (Å²) >= 11 is 9.13. The van der Waals surface area contributed by atoms with Crippen LogP contribution in [0.1, 0.15) is 46.0 Å². The van der Waals surface area contributed by atoms with Gasteiger partial charge in [-0.3, -0.25) is 9.59 Å². The number of nitrogens with one attached hydrogen (secondary N) is 1. The Balaban J connectivity index is 2.01. The van der Waals surface area contributed by atoms with E-state index in [4.69, 9.17) is 21.1 Å². The van der Waals surface area contributed by atoms with E-state index in [1.807, 2.05) is 0 Å². The Morgan fingerprint density at radius 2 is 1.93 bits per heavy atom. The van der Waals surface area contributed by atoms with Crippen molar-refractivity contribution in [1.29, 1.82) is 0 Å². The van der Waals surface area contributed by atoms with E-state index in [-0.39, 0.29) is 18.1 Å². The van der Waals surface area contributed by atoms with Crippen molar-refractivity contribution in [3.05, 3.63) is 50.2 Å². The lowest BCUT2D eigenvalue weighted by Crippen LogP contribution is -2.28. The average molecular weight is 457 g/mol. The largest absolute Gasteiger partial charge is 0.481 e. The van der Waals surface area contributed by atoms with Crippen LogP contribution in [0.5, 0.6) is 5.75 Å². The van der Waals surface area contributed by atoms with Crippen LogP contribution in [0.15, 0.2) is 22.7 Å². The second kappa shape index (κ2) is 8.71. The van der Waals surface area contributed by atoms with Gasteiger partial charge < -0.3 is 14.5 Å².